The zero-order valence-electron chi connectivity index (χ0n) is 13.7. The van der Waals surface area contributed by atoms with Crippen molar-refractivity contribution < 1.29 is 9.90 Å². The van der Waals surface area contributed by atoms with Gasteiger partial charge >= 0.3 is 5.97 Å². The van der Waals surface area contributed by atoms with E-state index in [-0.39, 0.29) is 5.41 Å². The van der Waals surface area contributed by atoms with E-state index in [1.54, 1.807) is 18.7 Å². The molecule has 0 spiro atoms. The van der Waals surface area contributed by atoms with Gasteiger partial charge in [-0.2, -0.15) is 0 Å². The predicted molar refractivity (Wildman–Crippen MR) is 90.2 cm³/mol. The van der Waals surface area contributed by atoms with Crippen LogP contribution in [0.15, 0.2) is 29.2 Å². The zero-order valence-corrected chi connectivity index (χ0v) is 14.5. The molecule has 0 fully saturated rings. The molecule has 0 saturated carbocycles. The van der Waals surface area contributed by atoms with Gasteiger partial charge in [-0.1, -0.05) is 39.8 Å². The quantitative estimate of drug-likeness (QED) is 0.750. The van der Waals surface area contributed by atoms with Crippen molar-refractivity contribution in [1.82, 2.24) is 5.32 Å². The lowest BCUT2D eigenvalue weighted by Crippen LogP contribution is -2.49. The minimum atomic E-state index is -0.840. The number of thioether (sulfide) groups is 1. The standard InChI is InChI=1S/C17H27NO2S/c1-6-18-17(5,15(19)20)11-12-21-14-9-7-13(8-10-14)16(2,3)4/h7-10,18H,6,11-12H2,1-5H3,(H,19,20). The summed E-state index contributed by atoms with van der Waals surface area (Å²) in [5.41, 5.74) is 0.637. The SMILES string of the molecule is CCNC(C)(CCSc1ccc(C(C)(C)C)cc1)C(=O)O. The fraction of sp³-hybridized carbons (Fsp3) is 0.588. The number of aliphatic carboxylic acids is 1. The van der Waals surface area contributed by atoms with Crippen LogP contribution in [0, 0.1) is 0 Å². The summed E-state index contributed by atoms with van der Waals surface area (Å²) in [6, 6.07) is 8.55. The van der Waals surface area contributed by atoms with Crippen LogP contribution in [-0.4, -0.2) is 28.9 Å². The molecule has 0 aliphatic rings. The fourth-order valence-corrected chi connectivity index (χ4v) is 3.16. The van der Waals surface area contributed by atoms with E-state index in [2.05, 4.69) is 50.4 Å². The highest BCUT2D eigenvalue weighted by atomic mass is 32.2. The minimum Gasteiger partial charge on any atom is -0.480 e. The van der Waals surface area contributed by atoms with Gasteiger partial charge in [0.1, 0.15) is 5.54 Å². The zero-order chi connectivity index (χ0) is 16.1. The van der Waals surface area contributed by atoms with E-state index >= 15 is 0 Å². The Labute approximate surface area is 132 Å². The predicted octanol–water partition coefficient (Wildman–Crippen LogP) is 3.92. The molecule has 0 aliphatic heterocycles. The Morgan fingerprint density at radius 2 is 1.76 bits per heavy atom. The molecule has 0 radical (unpaired) electrons. The van der Waals surface area contributed by atoms with Gasteiger partial charge in [0.05, 0.1) is 0 Å². The van der Waals surface area contributed by atoms with Crippen LogP contribution < -0.4 is 5.32 Å². The molecule has 1 unspecified atom stereocenters. The Hall–Kier alpha value is -1.00. The molecular formula is C17H27NO2S. The number of benzene rings is 1. The maximum atomic E-state index is 11.3. The van der Waals surface area contributed by atoms with Gasteiger partial charge in [-0.05, 0) is 43.0 Å². The number of carbonyl (C=O) groups is 1. The number of carboxylic acid groups (broad SMARTS) is 1. The second-order valence-electron chi connectivity index (χ2n) is 6.54. The third-order valence-electron chi connectivity index (χ3n) is 3.63. The molecule has 0 aromatic heterocycles. The fourth-order valence-electron chi connectivity index (χ4n) is 2.09. The van der Waals surface area contributed by atoms with E-state index in [1.807, 2.05) is 6.92 Å². The van der Waals surface area contributed by atoms with Crippen LogP contribution in [-0.2, 0) is 10.2 Å². The van der Waals surface area contributed by atoms with Crippen molar-refractivity contribution in [3.8, 4) is 0 Å². The van der Waals surface area contributed by atoms with Gasteiger partial charge in [-0.15, -0.1) is 11.8 Å². The molecular weight excluding hydrogens is 282 g/mol. The summed E-state index contributed by atoms with van der Waals surface area (Å²) in [6.07, 6.45) is 0.599. The van der Waals surface area contributed by atoms with Crippen LogP contribution in [0.1, 0.15) is 46.6 Å². The van der Waals surface area contributed by atoms with Crippen molar-refractivity contribution in [3.63, 3.8) is 0 Å². The lowest BCUT2D eigenvalue weighted by molar-refractivity contribution is -0.144. The van der Waals surface area contributed by atoms with E-state index in [0.717, 1.165) is 5.75 Å². The summed E-state index contributed by atoms with van der Waals surface area (Å²) in [4.78, 5) is 12.5. The van der Waals surface area contributed by atoms with Crippen molar-refractivity contribution in [1.29, 1.82) is 0 Å². The molecule has 1 rings (SSSR count). The molecule has 3 nitrogen and oxygen atoms in total. The van der Waals surface area contributed by atoms with Crippen LogP contribution in [0.25, 0.3) is 0 Å². The number of rotatable bonds is 7. The van der Waals surface area contributed by atoms with Gasteiger partial charge < -0.3 is 10.4 Å². The minimum absolute atomic E-state index is 0.163. The van der Waals surface area contributed by atoms with Crippen LogP contribution in [0.4, 0.5) is 0 Å². The third kappa shape index (κ3) is 5.36. The third-order valence-corrected chi connectivity index (χ3v) is 4.64. The van der Waals surface area contributed by atoms with E-state index in [0.29, 0.717) is 13.0 Å². The highest BCUT2D eigenvalue weighted by Gasteiger charge is 2.31. The maximum Gasteiger partial charge on any atom is 0.323 e. The van der Waals surface area contributed by atoms with Crippen LogP contribution in [0.5, 0.6) is 0 Å². The molecule has 2 N–H and O–H groups in total. The molecule has 0 saturated heterocycles. The number of carboxylic acids is 1. The molecule has 1 atom stereocenters. The topological polar surface area (TPSA) is 49.3 Å². The molecule has 0 aliphatic carbocycles. The number of hydrogen-bond acceptors (Lipinski definition) is 3. The van der Waals surface area contributed by atoms with Crippen LogP contribution >= 0.6 is 11.8 Å². The first-order valence-corrected chi connectivity index (χ1v) is 8.39. The molecule has 0 bridgehead atoms. The highest BCUT2D eigenvalue weighted by Crippen LogP contribution is 2.27. The summed E-state index contributed by atoms with van der Waals surface area (Å²) in [5.74, 6) is -0.00183. The van der Waals surface area contributed by atoms with Crippen molar-refractivity contribution in [2.75, 3.05) is 12.3 Å². The first-order valence-electron chi connectivity index (χ1n) is 7.41. The molecule has 4 heteroatoms. The summed E-state index contributed by atoms with van der Waals surface area (Å²) < 4.78 is 0. The summed E-state index contributed by atoms with van der Waals surface area (Å²) in [6.45, 7) is 10.9. The Balaban J connectivity index is 2.58. The lowest BCUT2D eigenvalue weighted by Gasteiger charge is -2.25. The van der Waals surface area contributed by atoms with Crippen molar-refractivity contribution in [3.05, 3.63) is 29.8 Å². The molecule has 0 heterocycles. The van der Waals surface area contributed by atoms with Crippen molar-refractivity contribution >= 4 is 17.7 Å². The van der Waals surface area contributed by atoms with Gasteiger partial charge in [0.15, 0.2) is 0 Å². The largest absolute Gasteiger partial charge is 0.480 e. The second-order valence-corrected chi connectivity index (χ2v) is 7.71. The average Bonchev–Trinajstić information content (AvgIpc) is 2.38. The molecule has 21 heavy (non-hydrogen) atoms. The van der Waals surface area contributed by atoms with E-state index in [4.69, 9.17) is 0 Å². The molecule has 0 amide bonds. The molecule has 1 aromatic rings. The monoisotopic (exact) mass is 309 g/mol. The van der Waals surface area contributed by atoms with Crippen LogP contribution in [0.2, 0.25) is 0 Å². The van der Waals surface area contributed by atoms with E-state index < -0.39 is 11.5 Å². The molecule has 118 valence electrons. The van der Waals surface area contributed by atoms with Crippen molar-refractivity contribution in [2.24, 2.45) is 0 Å². The van der Waals surface area contributed by atoms with Gasteiger partial charge in [0.2, 0.25) is 0 Å². The average molecular weight is 309 g/mol. The van der Waals surface area contributed by atoms with Crippen LogP contribution in [0.3, 0.4) is 0 Å². The van der Waals surface area contributed by atoms with E-state index in [1.165, 1.54) is 10.5 Å². The normalized spacial score (nSPS) is 14.7. The van der Waals surface area contributed by atoms with Gasteiger partial charge in [0.25, 0.3) is 0 Å². The summed E-state index contributed by atoms with van der Waals surface area (Å²) >= 11 is 1.71. The van der Waals surface area contributed by atoms with Gasteiger partial charge in [0, 0.05) is 10.6 Å². The Morgan fingerprint density at radius 1 is 1.19 bits per heavy atom. The number of hydrogen-bond donors (Lipinski definition) is 2. The smallest absolute Gasteiger partial charge is 0.323 e. The van der Waals surface area contributed by atoms with Crippen molar-refractivity contribution in [2.45, 2.75) is 56.9 Å². The second kappa shape index (κ2) is 7.32. The lowest BCUT2D eigenvalue weighted by atomic mass is 9.87. The Bertz CT molecular complexity index is 465. The molecule has 1 aromatic carbocycles. The van der Waals surface area contributed by atoms with Gasteiger partial charge in [-0.3, -0.25) is 4.79 Å². The van der Waals surface area contributed by atoms with E-state index in [9.17, 15) is 9.90 Å². The number of likely N-dealkylation sites (N-methyl/N-ethyl adjacent to an activating group) is 1. The Kier molecular flexibility index (Phi) is 6.29. The first-order chi connectivity index (χ1) is 9.69. The van der Waals surface area contributed by atoms with Gasteiger partial charge in [-0.25, -0.2) is 0 Å². The maximum absolute atomic E-state index is 11.3. The highest BCUT2D eigenvalue weighted by molar-refractivity contribution is 7.99. The Morgan fingerprint density at radius 3 is 2.19 bits per heavy atom. The summed E-state index contributed by atoms with van der Waals surface area (Å²) in [5, 5.41) is 12.4. The summed E-state index contributed by atoms with van der Waals surface area (Å²) in [7, 11) is 0. The first kappa shape index (κ1) is 18.1. The number of nitrogens with one attached hydrogen (secondary N) is 1.